The van der Waals surface area contributed by atoms with Gasteiger partial charge in [-0.3, -0.25) is 0 Å². The van der Waals surface area contributed by atoms with Crippen LogP contribution >= 0.6 is 23.1 Å². The quantitative estimate of drug-likeness (QED) is 0.768. The summed E-state index contributed by atoms with van der Waals surface area (Å²) in [6, 6.07) is 9.11. The Kier molecular flexibility index (Phi) is 5.64. The topological polar surface area (TPSA) is 24.9 Å². The molecule has 1 aromatic carbocycles. The van der Waals surface area contributed by atoms with Crippen LogP contribution in [0.25, 0.3) is 10.6 Å². The molecule has 0 amide bonds. The van der Waals surface area contributed by atoms with Gasteiger partial charge in [-0.15, -0.1) is 23.1 Å². The molecule has 1 aromatic heterocycles. The fourth-order valence-corrected chi connectivity index (χ4v) is 3.95. The van der Waals surface area contributed by atoms with E-state index >= 15 is 0 Å². The zero-order valence-electron chi connectivity index (χ0n) is 12.6. The molecule has 4 heteroatoms. The van der Waals surface area contributed by atoms with E-state index in [1.807, 2.05) is 11.8 Å². The van der Waals surface area contributed by atoms with Crippen molar-refractivity contribution in [2.45, 2.75) is 38.6 Å². The van der Waals surface area contributed by atoms with Crippen LogP contribution in [0.15, 0.2) is 29.2 Å². The summed E-state index contributed by atoms with van der Waals surface area (Å²) >= 11 is 3.67. The van der Waals surface area contributed by atoms with Gasteiger partial charge in [0.1, 0.15) is 5.01 Å². The Morgan fingerprint density at radius 2 is 1.95 bits per heavy atom. The molecule has 0 spiro atoms. The van der Waals surface area contributed by atoms with E-state index in [4.69, 9.17) is 4.98 Å². The Morgan fingerprint density at radius 3 is 2.55 bits per heavy atom. The van der Waals surface area contributed by atoms with Crippen LogP contribution in [-0.4, -0.2) is 17.3 Å². The maximum absolute atomic E-state index is 4.73. The lowest BCUT2D eigenvalue weighted by Crippen LogP contribution is -2.17. The Labute approximate surface area is 130 Å². The number of hydrogen-bond donors (Lipinski definition) is 1. The summed E-state index contributed by atoms with van der Waals surface area (Å²) in [5, 5.41) is 4.58. The fraction of sp³-hybridized carbons (Fsp3) is 0.438. The molecule has 1 heterocycles. The van der Waals surface area contributed by atoms with E-state index in [2.05, 4.69) is 57.3 Å². The second kappa shape index (κ2) is 7.25. The highest BCUT2D eigenvalue weighted by molar-refractivity contribution is 7.99. The van der Waals surface area contributed by atoms with Gasteiger partial charge in [-0.05, 0) is 38.3 Å². The molecule has 0 radical (unpaired) electrons. The Balaban J connectivity index is 2.22. The van der Waals surface area contributed by atoms with Crippen molar-refractivity contribution in [2.75, 3.05) is 12.3 Å². The van der Waals surface area contributed by atoms with Crippen molar-refractivity contribution in [3.05, 3.63) is 34.8 Å². The van der Waals surface area contributed by atoms with Gasteiger partial charge in [0.15, 0.2) is 0 Å². The smallest absolute Gasteiger partial charge is 0.123 e. The molecule has 2 rings (SSSR count). The van der Waals surface area contributed by atoms with Crippen LogP contribution < -0.4 is 5.32 Å². The minimum absolute atomic E-state index is 0.376. The van der Waals surface area contributed by atoms with Crippen LogP contribution in [0.5, 0.6) is 0 Å². The molecule has 1 N–H and O–H groups in total. The first kappa shape index (κ1) is 15.5. The lowest BCUT2D eigenvalue weighted by atomic mass is 10.2. The van der Waals surface area contributed by atoms with Crippen LogP contribution in [-0.2, 0) is 0 Å². The molecule has 20 heavy (non-hydrogen) atoms. The van der Waals surface area contributed by atoms with Crippen LogP contribution in [0.4, 0.5) is 0 Å². The second-order valence-electron chi connectivity index (χ2n) is 4.71. The number of thiazole rings is 1. The normalized spacial score (nSPS) is 12.6. The van der Waals surface area contributed by atoms with Crippen molar-refractivity contribution >= 4 is 23.1 Å². The largest absolute Gasteiger partial charge is 0.310 e. The van der Waals surface area contributed by atoms with E-state index in [1.54, 1.807) is 11.3 Å². The summed E-state index contributed by atoms with van der Waals surface area (Å²) in [7, 11) is 0. The number of nitrogens with one attached hydrogen (secondary N) is 1. The third-order valence-electron chi connectivity index (χ3n) is 3.15. The zero-order valence-corrected chi connectivity index (χ0v) is 14.2. The zero-order chi connectivity index (χ0) is 14.5. The summed E-state index contributed by atoms with van der Waals surface area (Å²) in [5.74, 6) is 1.11. The molecule has 1 unspecified atom stereocenters. The Morgan fingerprint density at radius 1 is 1.25 bits per heavy atom. The van der Waals surface area contributed by atoms with Crippen molar-refractivity contribution in [2.24, 2.45) is 0 Å². The molecule has 2 aromatic rings. The number of hydrogen-bond acceptors (Lipinski definition) is 4. The standard InChI is InChI=1S/C16H22N2S2/c1-5-17-11(3)15-12(4)18-16(20-15)13-7-9-14(10-8-13)19-6-2/h7-11,17H,5-6H2,1-4H3. The van der Waals surface area contributed by atoms with Gasteiger partial charge >= 0.3 is 0 Å². The predicted molar refractivity (Wildman–Crippen MR) is 90.8 cm³/mol. The van der Waals surface area contributed by atoms with E-state index < -0.39 is 0 Å². The molecule has 0 saturated heterocycles. The van der Waals surface area contributed by atoms with Gasteiger partial charge in [0.2, 0.25) is 0 Å². The molecule has 0 bridgehead atoms. The number of aromatic nitrogens is 1. The number of nitrogens with zero attached hydrogens (tertiary/aromatic N) is 1. The van der Waals surface area contributed by atoms with E-state index in [9.17, 15) is 0 Å². The van der Waals surface area contributed by atoms with Crippen molar-refractivity contribution in [1.29, 1.82) is 0 Å². The number of thioether (sulfide) groups is 1. The Hall–Kier alpha value is -0.840. The number of benzene rings is 1. The fourth-order valence-electron chi connectivity index (χ4n) is 2.19. The van der Waals surface area contributed by atoms with E-state index in [0.717, 1.165) is 23.0 Å². The molecule has 0 fully saturated rings. The summed E-state index contributed by atoms with van der Waals surface area (Å²) in [6.07, 6.45) is 0. The average Bonchev–Trinajstić information content (AvgIpc) is 2.82. The van der Waals surface area contributed by atoms with Crippen molar-refractivity contribution in [3.8, 4) is 10.6 Å². The lowest BCUT2D eigenvalue weighted by Gasteiger charge is -2.09. The van der Waals surface area contributed by atoms with Crippen LogP contribution in [0, 0.1) is 6.92 Å². The molecule has 0 saturated carbocycles. The predicted octanol–water partition coefficient (Wildman–Crippen LogP) is 4.90. The third-order valence-corrected chi connectivity index (χ3v) is 5.43. The highest BCUT2D eigenvalue weighted by atomic mass is 32.2. The minimum Gasteiger partial charge on any atom is -0.310 e. The third kappa shape index (κ3) is 3.62. The van der Waals surface area contributed by atoms with Crippen molar-refractivity contribution < 1.29 is 0 Å². The Bertz CT molecular complexity index is 546. The molecule has 2 nitrogen and oxygen atoms in total. The SMILES string of the molecule is CCNC(C)c1sc(-c2ccc(SCC)cc2)nc1C. The van der Waals surface area contributed by atoms with E-state index in [0.29, 0.717) is 6.04 Å². The molecular formula is C16H22N2S2. The molecule has 0 aliphatic carbocycles. The highest BCUT2D eigenvalue weighted by Gasteiger charge is 2.14. The van der Waals surface area contributed by atoms with Crippen LogP contribution in [0.2, 0.25) is 0 Å². The van der Waals surface area contributed by atoms with Crippen molar-refractivity contribution in [3.63, 3.8) is 0 Å². The maximum Gasteiger partial charge on any atom is 0.123 e. The summed E-state index contributed by atoms with van der Waals surface area (Å²) in [5.41, 5.74) is 2.36. The van der Waals surface area contributed by atoms with Gasteiger partial charge in [-0.25, -0.2) is 4.98 Å². The molecular weight excluding hydrogens is 284 g/mol. The van der Waals surface area contributed by atoms with Gasteiger partial charge in [0.25, 0.3) is 0 Å². The first-order chi connectivity index (χ1) is 9.65. The van der Waals surface area contributed by atoms with Gasteiger partial charge < -0.3 is 5.32 Å². The molecule has 108 valence electrons. The molecule has 0 aliphatic heterocycles. The van der Waals surface area contributed by atoms with E-state index in [-0.39, 0.29) is 0 Å². The average molecular weight is 307 g/mol. The van der Waals surface area contributed by atoms with E-state index in [1.165, 1.54) is 15.3 Å². The first-order valence-electron chi connectivity index (χ1n) is 7.09. The number of aryl methyl sites for hydroxylation is 1. The first-order valence-corrected chi connectivity index (χ1v) is 8.89. The number of rotatable bonds is 6. The maximum atomic E-state index is 4.73. The summed E-state index contributed by atoms with van der Waals surface area (Å²) in [4.78, 5) is 7.40. The van der Waals surface area contributed by atoms with Crippen molar-refractivity contribution in [1.82, 2.24) is 10.3 Å². The highest BCUT2D eigenvalue weighted by Crippen LogP contribution is 2.32. The van der Waals surface area contributed by atoms with Crippen LogP contribution in [0.3, 0.4) is 0 Å². The minimum atomic E-state index is 0.376. The second-order valence-corrected chi connectivity index (χ2v) is 7.07. The van der Waals surface area contributed by atoms with Gasteiger partial charge in [-0.2, -0.15) is 0 Å². The van der Waals surface area contributed by atoms with Gasteiger partial charge in [-0.1, -0.05) is 26.0 Å². The van der Waals surface area contributed by atoms with Crippen LogP contribution in [0.1, 0.15) is 37.4 Å². The summed E-state index contributed by atoms with van der Waals surface area (Å²) < 4.78 is 0. The molecule has 1 atom stereocenters. The monoisotopic (exact) mass is 306 g/mol. The lowest BCUT2D eigenvalue weighted by molar-refractivity contribution is 0.603. The van der Waals surface area contributed by atoms with Gasteiger partial charge in [0.05, 0.1) is 5.69 Å². The molecule has 0 aliphatic rings. The van der Waals surface area contributed by atoms with Gasteiger partial charge in [0, 0.05) is 21.4 Å². The summed E-state index contributed by atoms with van der Waals surface area (Å²) in [6.45, 7) is 9.60.